The van der Waals surface area contributed by atoms with Gasteiger partial charge in [-0.05, 0) is 18.8 Å². The summed E-state index contributed by atoms with van der Waals surface area (Å²) in [6, 6.07) is 0. The van der Waals surface area contributed by atoms with E-state index in [2.05, 4.69) is 53.7 Å². The van der Waals surface area contributed by atoms with Crippen molar-refractivity contribution in [1.29, 1.82) is 0 Å². The van der Waals surface area contributed by atoms with Crippen LogP contribution >= 0.6 is 15.9 Å². The van der Waals surface area contributed by atoms with E-state index in [0.717, 1.165) is 25.2 Å². The maximum absolute atomic E-state index is 4.32. The van der Waals surface area contributed by atoms with E-state index in [9.17, 15) is 0 Å². The van der Waals surface area contributed by atoms with Gasteiger partial charge in [-0.3, -0.25) is 4.68 Å². The molecule has 3 nitrogen and oxygen atoms in total. The fourth-order valence-corrected chi connectivity index (χ4v) is 2.83. The summed E-state index contributed by atoms with van der Waals surface area (Å²) in [7, 11) is 0. The smallest absolute Gasteiger partial charge is 0.138 e. The van der Waals surface area contributed by atoms with Crippen molar-refractivity contribution >= 4 is 15.9 Å². The minimum Gasteiger partial charge on any atom is -0.250 e. The van der Waals surface area contributed by atoms with Crippen molar-refractivity contribution in [3.63, 3.8) is 0 Å². The highest BCUT2D eigenvalue weighted by molar-refractivity contribution is 9.09. The van der Waals surface area contributed by atoms with Crippen LogP contribution in [0.1, 0.15) is 39.9 Å². The largest absolute Gasteiger partial charge is 0.250 e. The molecule has 0 saturated carbocycles. The van der Waals surface area contributed by atoms with E-state index in [-0.39, 0.29) is 5.41 Å². The zero-order valence-electron chi connectivity index (χ0n) is 10.00. The Kier molecular flexibility index (Phi) is 4.32. The van der Waals surface area contributed by atoms with Crippen molar-refractivity contribution in [2.75, 3.05) is 0 Å². The fraction of sp³-hybridized carbons (Fsp3) is 0.818. The van der Waals surface area contributed by atoms with Gasteiger partial charge in [0.2, 0.25) is 0 Å². The lowest BCUT2D eigenvalue weighted by Crippen LogP contribution is -2.21. The molecule has 1 aromatic rings. The summed E-state index contributed by atoms with van der Waals surface area (Å²) in [5.74, 6) is 1.09. The number of aryl methyl sites for hydroxylation is 1. The van der Waals surface area contributed by atoms with E-state index in [1.807, 2.05) is 4.68 Å². The van der Waals surface area contributed by atoms with Crippen LogP contribution in [0, 0.1) is 5.41 Å². The van der Waals surface area contributed by atoms with E-state index in [1.165, 1.54) is 0 Å². The number of hydrogen-bond acceptors (Lipinski definition) is 2. The van der Waals surface area contributed by atoms with Gasteiger partial charge in [0.15, 0.2) is 0 Å². The topological polar surface area (TPSA) is 30.7 Å². The molecule has 1 aromatic heterocycles. The highest BCUT2D eigenvalue weighted by Crippen LogP contribution is 2.29. The average molecular weight is 274 g/mol. The molecule has 0 aliphatic rings. The predicted octanol–water partition coefficient (Wildman–Crippen LogP) is 3.04. The predicted molar refractivity (Wildman–Crippen MR) is 66.2 cm³/mol. The van der Waals surface area contributed by atoms with Crippen LogP contribution in [0.3, 0.4) is 0 Å². The number of aromatic nitrogens is 3. The molecule has 86 valence electrons. The van der Waals surface area contributed by atoms with Gasteiger partial charge in [-0.1, -0.05) is 36.7 Å². The van der Waals surface area contributed by atoms with Gasteiger partial charge in [0.05, 0.1) is 0 Å². The van der Waals surface area contributed by atoms with Gasteiger partial charge in [0, 0.05) is 17.8 Å². The molecule has 0 aliphatic carbocycles. The Bertz CT molecular complexity index is 305. The molecule has 1 unspecified atom stereocenters. The number of alkyl halides is 1. The first-order chi connectivity index (χ1) is 6.94. The van der Waals surface area contributed by atoms with Crippen LogP contribution in [0.15, 0.2) is 6.33 Å². The van der Waals surface area contributed by atoms with Gasteiger partial charge in [-0.25, -0.2) is 4.98 Å². The van der Waals surface area contributed by atoms with Crippen LogP contribution in [-0.4, -0.2) is 19.6 Å². The normalized spacial score (nSPS) is 14.2. The first kappa shape index (κ1) is 12.7. The quantitative estimate of drug-likeness (QED) is 0.773. The number of halogens is 1. The molecule has 0 aromatic carbocycles. The molecule has 0 saturated heterocycles. The molecule has 0 amide bonds. The molecular formula is C11H20BrN3. The zero-order valence-corrected chi connectivity index (χ0v) is 11.6. The molecule has 0 aliphatic heterocycles. The van der Waals surface area contributed by atoms with Crippen molar-refractivity contribution in [3.05, 3.63) is 12.2 Å². The third-order valence-electron chi connectivity index (χ3n) is 2.47. The van der Waals surface area contributed by atoms with Crippen LogP contribution in [0.2, 0.25) is 0 Å². The number of rotatable bonds is 5. The average Bonchev–Trinajstić information content (AvgIpc) is 2.48. The van der Waals surface area contributed by atoms with Gasteiger partial charge in [0.25, 0.3) is 0 Å². The lowest BCUT2D eigenvalue weighted by Gasteiger charge is -2.25. The van der Waals surface area contributed by atoms with E-state index >= 15 is 0 Å². The van der Waals surface area contributed by atoms with Crippen molar-refractivity contribution in [2.45, 2.75) is 51.9 Å². The molecule has 0 bridgehead atoms. The summed E-state index contributed by atoms with van der Waals surface area (Å²) in [6.07, 6.45) is 3.77. The summed E-state index contributed by atoms with van der Waals surface area (Å²) >= 11 is 3.61. The molecule has 4 heteroatoms. The third kappa shape index (κ3) is 3.93. The van der Waals surface area contributed by atoms with Crippen LogP contribution in [-0.2, 0) is 13.0 Å². The maximum atomic E-state index is 4.32. The molecular weight excluding hydrogens is 254 g/mol. The van der Waals surface area contributed by atoms with Crippen molar-refractivity contribution in [2.24, 2.45) is 5.41 Å². The van der Waals surface area contributed by atoms with E-state index in [1.54, 1.807) is 6.33 Å². The molecule has 0 fully saturated rings. The molecule has 0 spiro atoms. The highest BCUT2D eigenvalue weighted by atomic mass is 79.9. The lowest BCUT2D eigenvalue weighted by molar-refractivity contribution is 0.321. The molecule has 0 N–H and O–H groups in total. The van der Waals surface area contributed by atoms with Crippen LogP contribution < -0.4 is 0 Å². The monoisotopic (exact) mass is 273 g/mol. The Morgan fingerprint density at radius 3 is 2.73 bits per heavy atom. The highest BCUT2D eigenvalue weighted by Gasteiger charge is 2.22. The Balaban J connectivity index is 2.68. The summed E-state index contributed by atoms with van der Waals surface area (Å²) in [6.45, 7) is 9.73. The second-order valence-electron chi connectivity index (χ2n) is 4.82. The van der Waals surface area contributed by atoms with E-state index < -0.39 is 0 Å². The van der Waals surface area contributed by atoms with Gasteiger partial charge in [-0.15, -0.1) is 0 Å². The number of nitrogens with zero attached hydrogens (tertiary/aromatic N) is 3. The minimum absolute atomic E-state index is 0.267. The molecule has 1 heterocycles. The number of hydrogen-bond donors (Lipinski definition) is 0. The first-order valence-electron chi connectivity index (χ1n) is 5.45. The second kappa shape index (κ2) is 5.10. The Labute approximate surface area is 100 Å². The minimum atomic E-state index is 0.267. The Morgan fingerprint density at radius 1 is 1.53 bits per heavy atom. The van der Waals surface area contributed by atoms with Crippen molar-refractivity contribution in [3.8, 4) is 0 Å². The van der Waals surface area contributed by atoms with E-state index in [0.29, 0.717) is 4.83 Å². The van der Waals surface area contributed by atoms with E-state index in [4.69, 9.17) is 0 Å². The molecule has 1 atom stereocenters. The molecule has 1 rings (SSSR count). The summed E-state index contributed by atoms with van der Waals surface area (Å²) in [5.41, 5.74) is 0.267. The molecule has 0 radical (unpaired) electrons. The maximum Gasteiger partial charge on any atom is 0.138 e. The van der Waals surface area contributed by atoms with Crippen LogP contribution in [0.25, 0.3) is 0 Å². The van der Waals surface area contributed by atoms with Crippen LogP contribution in [0.5, 0.6) is 0 Å². The summed E-state index contributed by atoms with van der Waals surface area (Å²) < 4.78 is 1.97. The standard InChI is InChI=1S/C11H20BrN3/c1-5-15-10(13-8-14-15)7-11(3,4)6-9(2)12/h8-9H,5-7H2,1-4H3. The summed E-state index contributed by atoms with van der Waals surface area (Å²) in [4.78, 5) is 4.86. The van der Waals surface area contributed by atoms with Gasteiger partial charge >= 0.3 is 0 Å². The van der Waals surface area contributed by atoms with Gasteiger partial charge in [0.1, 0.15) is 12.2 Å². The Morgan fingerprint density at radius 2 is 2.20 bits per heavy atom. The second-order valence-corrected chi connectivity index (χ2v) is 6.38. The zero-order chi connectivity index (χ0) is 11.5. The summed E-state index contributed by atoms with van der Waals surface area (Å²) in [5, 5.41) is 4.19. The molecule has 15 heavy (non-hydrogen) atoms. The fourth-order valence-electron chi connectivity index (χ4n) is 1.95. The van der Waals surface area contributed by atoms with Gasteiger partial charge < -0.3 is 0 Å². The third-order valence-corrected chi connectivity index (χ3v) is 2.79. The van der Waals surface area contributed by atoms with Crippen molar-refractivity contribution < 1.29 is 0 Å². The first-order valence-corrected chi connectivity index (χ1v) is 6.37. The van der Waals surface area contributed by atoms with Gasteiger partial charge in [-0.2, -0.15) is 5.10 Å². The lowest BCUT2D eigenvalue weighted by atomic mass is 9.84. The van der Waals surface area contributed by atoms with Crippen molar-refractivity contribution in [1.82, 2.24) is 14.8 Å². The SMILES string of the molecule is CCn1ncnc1CC(C)(C)CC(C)Br. The van der Waals surface area contributed by atoms with Crippen LogP contribution in [0.4, 0.5) is 0 Å². The Hall–Kier alpha value is -0.380.